The van der Waals surface area contributed by atoms with Gasteiger partial charge in [-0.05, 0) is 54.5 Å². The van der Waals surface area contributed by atoms with Gasteiger partial charge in [0.25, 0.3) is 5.91 Å². The van der Waals surface area contributed by atoms with E-state index < -0.39 is 41.6 Å². The number of nitrogens with one attached hydrogen (secondary N) is 1. The molecular formula is C33H38N2O6. The van der Waals surface area contributed by atoms with E-state index in [2.05, 4.69) is 17.4 Å². The highest BCUT2D eigenvalue weighted by atomic mass is 16.6. The standard InChI is InChI=1S/C33H38N2O6/c1-21(2)29(31(37)41-33(3,4)5)35(39)30(36)28(19-22-13-7-6-8-14-22)34-32(38)40-20-27-25-17-11-9-15-23(25)24-16-10-12-18-26(24)27/h6-18,21,27-29,39H,19-20H2,1-5H3,(H,34,38)/t28-,29-/m0/s1. The van der Waals surface area contributed by atoms with Crippen molar-refractivity contribution in [3.63, 3.8) is 0 Å². The molecule has 0 saturated heterocycles. The van der Waals surface area contributed by atoms with Crippen LogP contribution in [0.15, 0.2) is 78.9 Å². The number of carbonyl (C=O) groups excluding carboxylic acids is 3. The SMILES string of the molecule is CC(C)[C@@H](C(=O)OC(C)(C)C)N(O)C(=O)[C@H](Cc1ccccc1)NC(=O)OCC1c2ccccc2-c2ccccc21. The fourth-order valence-electron chi connectivity index (χ4n) is 5.15. The average Bonchev–Trinajstić information content (AvgIpc) is 3.24. The van der Waals surface area contributed by atoms with Crippen molar-refractivity contribution in [1.29, 1.82) is 0 Å². The maximum Gasteiger partial charge on any atom is 0.407 e. The summed E-state index contributed by atoms with van der Waals surface area (Å²) in [6.07, 6.45) is -0.715. The van der Waals surface area contributed by atoms with E-state index in [1.54, 1.807) is 34.6 Å². The first kappa shape index (κ1) is 29.8. The van der Waals surface area contributed by atoms with Crippen LogP contribution in [0.3, 0.4) is 0 Å². The lowest BCUT2D eigenvalue weighted by atomic mass is 9.98. The third-order valence-corrected chi connectivity index (χ3v) is 6.99. The number of hydrogen-bond acceptors (Lipinski definition) is 6. The van der Waals surface area contributed by atoms with Gasteiger partial charge in [0.15, 0.2) is 6.04 Å². The number of rotatable bonds is 9. The lowest BCUT2D eigenvalue weighted by molar-refractivity contribution is -0.199. The van der Waals surface area contributed by atoms with Crippen LogP contribution in [-0.2, 0) is 25.5 Å². The second-order valence-corrected chi connectivity index (χ2v) is 11.6. The number of benzene rings is 3. The summed E-state index contributed by atoms with van der Waals surface area (Å²) in [4.78, 5) is 39.6. The van der Waals surface area contributed by atoms with Crippen LogP contribution in [0, 0.1) is 5.92 Å². The van der Waals surface area contributed by atoms with Gasteiger partial charge < -0.3 is 14.8 Å². The predicted molar refractivity (Wildman–Crippen MR) is 155 cm³/mol. The van der Waals surface area contributed by atoms with E-state index in [1.807, 2.05) is 66.7 Å². The molecule has 4 rings (SSSR count). The molecule has 1 aliphatic rings. The van der Waals surface area contributed by atoms with Crippen molar-refractivity contribution in [2.24, 2.45) is 5.92 Å². The minimum absolute atomic E-state index is 0.0709. The Morgan fingerprint density at radius 2 is 1.41 bits per heavy atom. The predicted octanol–water partition coefficient (Wildman–Crippen LogP) is 5.72. The monoisotopic (exact) mass is 558 g/mol. The van der Waals surface area contributed by atoms with E-state index in [0.717, 1.165) is 27.8 Å². The molecule has 0 unspecified atom stereocenters. The zero-order valence-electron chi connectivity index (χ0n) is 24.2. The van der Waals surface area contributed by atoms with Gasteiger partial charge in [-0.3, -0.25) is 10.0 Å². The Labute approximate surface area is 241 Å². The molecule has 3 aromatic rings. The van der Waals surface area contributed by atoms with E-state index in [9.17, 15) is 19.6 Å². The molecule has 8 nitrogen and oxygen atoms in total. The Morgan fingerprint density at radius 1 is 0.878 bits per heavy atom. The molecule has 2 N–H and O–H groups in total. The highest BCUT2D eigenvalue weighted by Gasteiger charge is 2.39. The van der Waals surface area contributed by atoms with Gasteiger partial charge in [-0.2, -0.15) is 0 Å². The molecule has 2 atom stereocenters. The van der Waals surface area contributed by atoms with Gasteiger partial charge in [0.1, 0.15) is 18.2 Å². The van der Waals surface area contributed by atoms with Crippen LogP contribution in [0.2, 0.25) is 0 Å². The van der Waals surface area contributed by atoms with Crippen molar-refractivity contribution in [3.05, 3.63) is 95.6 Å². The van der Waals surface area contributed by atoms with E-state index in [1.165, 1.54) is 0 Å². The number of nitrogens with zero attached hydrogens (tertiary/aromatic N) is 1. The third-order valence-electron chi connectivity index (χ3n) is 6.99. The van der Waals surface area contributed by atoms with E-state index in [0.29, 0.717) is 5.06 Å². The molecule has 0 heterocycles. The summed E-state index contributed by atoms with van der Waals surface area (Å²) >= 11 is 0. The number of hydrogen-bond donors (Lipinski definition) is 2. The van der Waals surface area contributed by atoms with Crippen molar-refractivity contribution < 1.29 is 29.1 Å². The molecule has 216 valence electrons. The summed E-state index contributed by atoms with van der Waals surface area (Å²) in [5.41, 5.74) is 4.29. The lowest BCUT2D eigenvalue weighted by Crippen LogP contribution is -2.55. The second kappa shape index (κ2) is 12.6. The Bertz CT molecular complexity index is 1340. The first-order valence-corrected chi connectivity index (χ1v) is 13.9. The summed E-state index contributed by atoms with van der Waals surface area (Å²) < 4.78 is 11.1. The van der Waals surface area contributed by atoms with Gasteiger partial charge in [-0.25, -0.2) is 14.7 Å². The molecule has 2 amide bonds. The maximum atomic E-state index is 13.6. The van der Waals surface area contributed by atoms with Crippen molar-refractivity contribution in [3.8, 4) is 11.1 Å². The molecule has 0 spiro atoms. The number of amides is 2. The first-order chi connectivity index (χ1) is 19.5. The molecule has 0 saturated carbocycles. The minimum atomic E-state index is -1.26. The van der Waals surface area contributed by atoms with Gasteiger partial charge in [-0.1, -0.05) is 92.7 Å². The zero-order valence-corrected chi connectivity index (χ0v) is 24.2. The summed E-state index contributed by atoms with van der Waals surface area (Å²) in [6.45, 7) is 8.61. The quantitative estimate of drug-likeness (QED) is 0.198. The van der Waals surface area contributed by atoms with Crippen LogP contribution >= 0.6 is 0 Å². The third kappa shape index (κ3) is 7.13. The molecule has 8 heteroatoms. The van der Waals surface area contributed by atoms with Crippen LogP contribution in [0.25, 0.3) is 11.1 Å². The molecule has 1 aliphatic carbocycles. The van der Waals surface area contributed by atoms with Crippen molar-refractivity contribution in [1.82, 2.24) is 10.4 Å². The Morgan fingerprint density at radius 3 is 1.95 bits per heavy atom. The van der Waals surface area contributed by atoms with Crippen LogP contribution < -0.4 is 5.32 Å². The van der Waals surface area contributed by atoms with Crippen molar-refractivity contribution >= 4 is 18.0 Å². The second-order valence-electron chi connectivity index (χ2n) is 11.6. The summed E-state index contributed by atoms with van der Waals surface area (Å²) in [6, 6.07) is 22.7. The summed E-state index contributed by atoms with van der Waals surface area (Å²) in [7, 11) is 0. The number of ether oxygens (including phenoxy) is 2. The fourth-order valence-corrected chi connectivity index (χ4v) is 5.15. The highest BCUT2D eigenvalue weighted by Crippen LogP contribution is 2.44. The Kier molecular flexibility index (Phi) is 9.13. The fraction of sp³-hybridized carbons (Fsp3) is 0.364. The Hall–Kier alpha value is -4.17. The number of fused-ring (bicyclic) bond motifs is 3. The number of hydroxylamine groups is 2. The Balaban J connectivity index is 1.51. The molecule has 3 aromatic carbocycles. The normalized spacial score (nSPS) is 14.0. The van der Waals surface area contributed by atoms with Gasteiger partial charge in [0, 0.05) is 12.3 Å². The van der Waals surface area contributed by atoms with Crippen molar-refractivity contribution in [2.75, 3.05) is 6.61 Å². The minimum Gasteiger partial charge on any atom is -0.458 e. The molecule has 0 aromatic heterocycles. The van der Waals surface area contributed by atoms with Crippen LogP contribution in [0.1, 0.15) is 57.2 Å². The molecular weight excluding hydrogens is 520 g/mol. The largest absolute Gasteiger partial charge is 0.458 e. The van der Waals surface area contributed by atoms with E-state index >= 15 is 0 Å². The zero-order chi connectivity index (χ0) is 29.7. The van der Waals surface area contributed by atoms with E-state index in [-0.39, 0.29) is 18.9 Å². The molecule has 0 radical (unpaired) electrons. The number of alkyl carbamates (subject to hydrolysis) is 1. The average molecular weight is 559 g/mol. The molecule has 41 heavy (non-hydrogen) atoms. The number of carbonyl (C=O) groups is 3. The van der Waals surface area contributed by atoms with Crippen LogP contribution in [-0.4, -0.2) is 52.5 Å². The van der Waals surface area contributed by atoms with Gasteiger partial charge in [-0.15, -0.1) is 0 Å². The lowest BCUT2D eigenvalue weighted by Gasteiger charge is -2.32. The van der Waals surface area contributed by atoms with Crippen LogP contribution in [0.5, 0.6) is 0 Å². The summed E-state index contributed by atoms with van der Waals surface area (Å²) in [5, 5.41) is 14.0. The topological polar surface area (TPSA) is 105 Å². The maximum absolute atomic E-state index is 13.6. The molecule has 0 fully saturated rings. The van der Waals surface area contributed by atoms with Crippen LogP contribution in [0.4, 0.5) is 4.79 Å². The van der Waals surface area contributed by atoms with Gasteiger partial charge in [0.2, 0.25) is 0 Å². The smallest absolute Gasteiger partial charge is 0.407 e. The first-order valence-electron chi connectivity index (χ1n) is 13.9. The van der Waals surface area contributed by atoms with Crippen molar-refractivity contribution in [2.45, 2.75) is 64.6 Å². The summed E-state index contributed by atoms with van der Waals surface area (Å²) in [5.74, 6) is -2.18. The molecule has 0 aliphatic heterocycles. The van der Waals surface area contributed by atoms with E-state index in [4.69, 9.17) is 9.47 Å². The van der Waals surface area contributed by atoms with Gasteiger partial charge >= 0.3 is 12.1 Å². The number of esters is 1. The highest BCUT2D eigenvalue weighted by molar-refractivity contribution is 5.89. The van der Waals surface area contributed by atoms with Gasteiger partial charge in [0.05, 0.1) is 0 Å². The molecule has 0 bridgehead atoms.